The molecule has 2 aromatic carbocycles. The molecule has 0 unspecified atom stereocenters. The number of benzene rings is 2. The maximum atomic E-state index is 13.7. The summed E-state index contributed by atoms with van der Waals surface area (Å²) < 4.78 is 39.9. The molecule has 7 nitrogen and oxygen atoms in total. The van der Waals surface area contributed by atoms with Crippen molar-refractivity contribution in [3.05, 3.63) is 71.0 Å². The zero-order chi connectivity index (χ0) is 23.1. The van der Waals surface area contributed by atoms with Gasteiger partial charge in [0, 0.05) is 25.2 Å². The van der Waals surface area contributed by atoms with Crippen LogP contribution < -0.4 is 10.8 Å². The van der Waals surface area contributed by atoms with Crippen LogP contribution >= 0.6 is 0 Å². The van der Waals surface area contributed by atoms with Gasteiger partial charge in [0.15, 0.2) is 11.6 Å². The highest BCUT2D eigenvalue weighted by molar-refractivity contribution is 5.67. The summed E-state index contributed by atoms with van der Waals surface area (Å²) in [4.78, 5) is 16.2. The van der Waals surface area contributed by atoms with Gasteiger partial charge in [-0.2, -0.15) is 5.48 Å². The van der Waals surface area contributed by atoms with Gasteiger partial charge in [0.05, 0.1) is 26.2 Å². The third-order valence-electron chi connectivity index (χ3n) is 3.89. The van der Waals surface area contributed by atoms with E-state index in [4.69, 9.17) is 20.2 Å². The van der Waals surface area contributed by atoms with Crippen LogP contribution in [0.3, 0.4) is 0 Å². The zero-order valence-corrected chi connectivity index (χ0v) is 16.9. The Labute approximate surface area is 178 Å². The molecule has 0 aliphatic carbocycles. The van der Waals surface area contributed by atoms with E-state index in [2.05, 4.69) is 10.8 Å². The van der Waals surface area contributed by atoms with Gasteiger partial charge in [-0.05, 0) is 23.6 Å². The molecule has 0 fully saturated rings. The van der Waals surface area contributed by atoms with E-state index >= 15 is 0 Å². The maximum Gasteiger partial charge on any atom is 0.305 e. The summed E-state index contributed by atoms with van der Waals surface area (Å²) in [5.74, 6) is -4.54. The van der Waals surface area contributed by atoms with Gasteiger partial charge in [-0.3, -0.25) is 9.63 Å². The Kier molecular flexibility index (Phi) is 13.1. The van der Waals surface area contributed by atoms with Gasteiger partial charge in [0.25, 0.3) is 0 Å². The molecule has 0 spiro atoms. The number of carbonyl (C=O) groups is 1. The second kappa shape index (κ2) is 15.3. The topological polar surface area (TPSA) is 111 Å². The Morgan fingerprint density at radius 2 is 1.58 bits per heavy atom. The first-order chi connectivity index (χ1) is 14.9. The largest absolute Gasteiger partial charge is 0.481 e. The van der Waals surface area contributed by atoms with E-state index in [0.717, 1.165) is 11.6 Å². The highest BCUT2D eigenvalue weighted by atomic mass is 19.2. The second-order valence-corrected chi connectivity index (χ2v) is 6.45. The van der Waals surface area contributed by atoms with E-state index in [1.54, 1.807) is 0 Å². The van der Waals surface area contributed by atoms with Crippen LogP contribution in [0.15, 0.2) is 42.5 Å². The molecule has 0 aliphatic rings. The van der Waals surface area contributed by atoms with Crippen molar-refractivity contribution in [1.29, 1.82) is 0 Å². The van der Waals surface area contributed by atoms with Crippen molar-refractivity contribution in [3.8, 4) is 0 Å². The van der Waals surface area contributed by atoms with E-state index in [1.165, 1.54) is 0 Å². The standard InChI is InChI=1S/C17H16F3NO3.C4H11NO2/c18-14-9-16(20)15(19)7-12(14)6-13(8-17(22)23)21-24-10-11-4-2-1-3-5-11;6-3-1-5-2-4-7/h1-5,7,9,13,21H,6,8,10H2,(H,22,23);5-7H,1-4H2/t13-;/m1./s1. The molecule has 172 valence electrons. The van der Waals surface area contributed by atoms with Crippen LogP contribution in [-0.4, -0.2) is 53.6 Å². The van der Waals surface area contributed by atoms with Crippen LogP contribution in [0.4, 0.5) is 13.2 Å². The van der Waals surface area contributed by atoms with Gasteiger partial charge >= 0.3 is 5.97 Å². The molecular formula is C21H27F3N2O5. The summed E-state index contributed by atoms with van der Waals surface area (Å²) in [5.41, 5.74) is 3.28. The number of aliphatic hydroxyl groups is 2. The van der Waals surface area contributed by atoms with Crippen LogP contribution in [0.5, 0.6) is 0 Å². The molecule has 0 amide bonds. The molecule has 5 N–H and O–H groups in total. The minimum Gasteiger partial charge on any atom is -0.481 e. The van der Waals surface area contributed by atoms with Gasteiger partial charge < -0.3 is 20.6 Å². The quantitative estimate of drug-likeness (QED) is 0.193. The van der Waals surface area contributed by atoms with Gasteiger partial charge in [0.2, 0.25) is 0 Å². The molecule has 0 bridgehead atoms. The van der Waals surface area contributed by atoms with Crippen molar-refractivity contribution in [3.63, 3.8) is 0 Å². The summed E-state index contributed by atoms with van der Waals surface area (Å²) >= 11 is 0. The first-order valence-corrected chi connectivity index (χ1v) is 9.56. The monoisotopic (exact) mass is 444 g/mol. The maximum absolute atomic E-state index is 13.7. The van der Waals surface area contributed by atoms with E-state index in [1.807, 2.05) is 30.3 Å². The van der Waals surface area contributed by atoms with E-state index in [0.29, 0.717) is 19.2 Å². The van der Waals surface area contributed by atoms with Gasteiger partial charge in [-0.25, -0.2) is 13.2 Å². The number of aliphatic hydroxyl groups excluding tert-OH is 2. The third-order valence-corrected chi connectivity index (χ3v) is 3.89. The lowest BCUT2D eigenvalue weighted by molar-refractivity contribution is -0.138. The predicted molar refractivity (Wildman–Crippen MR) is 107 cm³/mol. The lowest BCUT2D eigenvalue weighted by atomic mass is 10.0. The molecule has 2 rings (SSSR count). The molecule has 31 heavy (non-hydrogen) atoms. The van der Waals surface area contributed by atoms with Crippen molar-refractivity contribution < 1.29 is 38.1 Å². The van der Waals surface area contributed by atoms with Gasteiger partial charge in [-0.1, -0.05) is 30.3 Å². The molecule has 0 heterocycles. The summed E-state index contributed by atoms with van der Waals surface area (Å²) in [6, 6.07) is 9.49. The molecule has 0 radical (unpaired) electrons. The average Bonchev–Trinajstić information content (AvgIpc) is 2.73. The summed E-state index contributed by atoms with van der Waals surface area (Å²) in [7, 11) is 0. The lowest BCUT2D eigenvalue weighted by Gasteiger charge is -2.17. The fourth-order valence-corrected chi connectivity index (χ4v) is 2.45. The van der Waals surface area contributed by atoms with E-state index < -0.39 is 29.5 Å². The first kappa shape index (κ1) is 26.5. The summed E-state index contributed by atoms with van der Waals surface area (Å²) in [5, 5.41) is 28.0. The second-order valence-electron chi connectivity index (χ2n) is 6.45. The van der Waals surface area contributed by atoms with Crippen molar-refractivity contribution in [2.24, 2.45) is 0 Å². The van der Waals surface area contributed by atoms with Gasteiger partial charge in [-0.15, -0.1) is 0 Å². The van der Waals surface area contributed by atoms with Gasteiger partial charge in [0.1, 0.15) is 5.82 Å². The van der Waals surface area contributed by atoms with E-state index in [9.17, 15) is 18.0 Å². The number of nitrogens with one attached hydrogen (secondary N) is 2. The Hall–Kier alpha value is -2.50. The average molecular weight is 444 g/mol. The minimum absolute atomic E-state index is 0.129. The molecule has 10 heteroatoms. The van der Waals surface area contributed by atoms with Crippen molar-refractivity contribution in [1.82, 2.24) is 10.8 Å². The summed E-state index contributed by atoms with van der Waals surface area (Å²) in [6.07, 6.45) is -0.530. The highest BCUT2D eigenvalue weighted by Crippen LogP contribution is 2.16. The molecule has 0 saturated heterocycles. The molecular weight excluding hydrogens is 417 g/mol. The lowest BCUT2D eigenvalue weighted by Crippen LogP contribution is -2.33. The molecule has 0 aromatic heterocycles. The van der Waals surface area contributed by atoms with Crippen molar-refractivity contribution in [2.45, 2.75) is 25.5 Å². The Balaban J connectivity index is 0.000000592. The Bertz CT molecular complexity index is 777. The SMILES string of the molecule is O=C(O)C[C@@H](Cc1cc(F)c(F)cc1F)NOCc1ccccc1.OCCNCCO. The molecule has 0 aliphatic heterocycles. The number of rotatable bonds is 12. The van der Waals surface area contributed by atoms with Crippen molar-refractivity contribution >= 4 is 5.97 Å². The molecule has 1 atom stereocenters. The fourth-order valence-electron chi connectivity index (χ4n) is 2.45. The Morgan fingerprint density at radius 1 is 0.968 bits per heavy atom. The normalized spacial score (nSPS) is 11.5. The summed E-state index contributed by atoms with van der Waals surface area (Å²) in [6.45, 7) is 1.60. The van der Waals surface area contributed by atoms with Crippen LogP contribution in [0.25, 0.3) is 0 Å². The number of halogens is 3. The number of hydrogen-bond acceptors (Lipinski definition) is 6. The third kappa shape index (κ3) is 11.5. The van der Waals surface area contributed by atoms with E-state index in [-0.39, 0.29) is 38.2 Å². The number of aliphatic carboxylic acids is 1. The zero-order valence-electron chi connectivity index (χ0n) is 16.9. The smallest absolute Gasteiger partial charge is 0.305 e. The van der Waals surface area contributed by atoms with Crippen LogP contribution in [0.2, 0.25) is 0 Å². The van der Waals surface area contributed by atoms with Crippen molar-refractivity contribution in [2.75, 3.05) is 26.3 Å². The minimum atomic E-state index is -1.29. The predicted octanol–water partition coefficient (Wildman–Crippen LogP) is 1.77. The molecule has 0 saturated carbocycles. The Morgan fingerprint density at radius 3 is 2.16 bits per heavy atom. The fraction of sp³-hybridized carbons (Fsp3) is 0.381. The molecule has 2 aromatic rings. The number of hydrogen-bond donors (Lipinski definition) is 5. The number of carboxylic acids is 1. The van der Waals surface area contributed by atoms with Crippen LogP contribution in [-0.2, 0) is 22.7 Å². The number of carboxylic acid groups (broad SMARTS) is 1. The highest BCUT2D eigenvalue weighted by Gasteiger charge is 2.18. The number of hydroxylamine groups is 1. The van der Waals surface area contributed by atoms with Crippen LogP contribution in [0, 0.1) is 17.5 Å². The first-order valence-electron chi connectivity index (χ1n) is 9.56. The van der Waals surface area contributed by atoms with Crippen LogP contribution in [0.1, 0.15) is 17.5 Å².